The van der Waals surface area contributed by atoms with Gasteiger partial charge in [-0.15, -0.1) is 0 Å². The second-order valence-corrected chi connectivity index (χ2v) is 14.9. The van der Waals surface area contributed by atoms with Crippen molar-refractivity contribution in [2.45, 2.75) is 48.7 Å². The molecule has 0 amide bonds. The van der Waals surface area contributed by atoms with Crippen LogP contribution in [0.15, 0.2) is 12.2 Å². The summed E-state index contributed by atoms with van der Waals surface area (Å²) in [4.78, 5) is 0. The zero-order valence-electron chi connectivity index (χ0n) is 8.48. The van der Waals surface area contributed by atoms with Gasteiger partial charge in [-0.05, 0) is 0 Å². The van der Waals surface area contributed by atoms with Crippen molar-refractivity contribution in [3.63, 3.8) is 0 Å². The van der Waals surface area contributed by atoms with Gasteiger partial charge in [0.05, 0.1) is 0 Å². The Morgan fingerprint density at radius 1 is 1.00 bits per heavy atom. The van der Waals surface area contributed by atoms with Crippen molar-refractivity contribution in [1.29, 1.82) is 0 Å². The minimum atomic E-state index is -1.32. The van der Waals surface area contributed by atoms with Crippen LogP contribution in [0.2, 0.25) is 21.0 Å². The molecule has 0 unspecified atom stereocenters. The number of rotatable bonds is 5. The Hall–Kier alpha value is 0.283. The van der Waals surface area contributed by atoms with Crippen molar-refractivity contribution in [2.75, 3.05) is 0 Å². The Morgan fingerprint density at radius 3 is 1.73 bits per heavy atom. The van der Waals surface area contributed by atoms with Gasteiger partial charge in [0, 0.05) is 0 Å². The fourth-order valence-corrected chi connectivity index (χ4v) is 8.06. The molecule has 0 saturated heterocycles. The van der Waals surface area contributed by atoms with Gasteiger partial charge in [0.1, 0.15) is 0 Å². The van der Waals surface area contributed by atoms with Crippen LogP contribution in [0.3, 0.4) is 0 Å². The molecule has 0 fully saturated rings. The van der Waals surface area contributed by atoms with Crippen molar-refractivity contribution in [2.24, 2.45) is 0 Å². The van der Waals surface area contributed by atoms with Crippen molar-refractivity contribution in [3.8, 4) is 0 Å². The van der Waals surface area contributed by atoms with Gasteiger partial charge in [0.25, 0.3) is 0 Å². The third-order valence-corrected chi connectivity index (χ3v) is 14.8. The molecular weight excluding hydrogens is 193 g/mol. The van der Waals surface area contributed by atoms with E-state index in [2.05, 4.69) is 39.8 Å². The first-order chi connectivity index (χ1) is 5.24. The molecule has 0 N–H and O–H groups in total. The van der Waals surface area contributed by atoms with E-state index in [1.807, 2.05) is 0 Å². The molecule has 0 aromatic carbocycles. The average Bonchev–Trinajstić information content (AvgIpc) is 2.08. The molecule has 66 valence electrons. The molecule has 11 heavy (non-hydrogen) atoms. The predicted molar refractivity (Wildman–Crippen MR) is 56.8 cm³/mol. The monoisotopic (exact) mass is 216 g/mol. The second-order valence-electron chi connectivity index (χ2n) is 3.33. The summed E-state index contributed by atoms with van der Waals surface area (Å²) in [6.45, 7) is 9.29. The summed E-state index contributed by atoms with van der Waals surface area (Å²) in [7, 11) is 0. The Balaban J connectivity index is 4.04. The molecule has 0 aliphatic carbocycles. The molecule has 0 aromatic rings. The van der Waals surface area contributed by atoms with Gasteiger partial charge < -0.3 is 0 Å². The molecule has 0 atom stereocenters. The van der Waals surface area contributed by atoms with Crippen LogP contribution in [0.4, 0.5) is 0 Å². The topological polar surface area (TPSA) is 0 Å². The maximum atomic E-state index is 2.39. The molecule has 0 bridgehead atoms. The van der Waals surface area contributed by atoms with Crippen molar-refractivity contribution < 1.29 is 0 Å². The van der Waals surface area contributed by atoms with Crippen LogP contribution in [-0.4, -0.2) is 13.3 Å². The van der Waals surface area contributed by atoms with Crippen LogP contribution in [-0.2, 0) is 0 Å². The third-order valence-electron chi connectivity index (χ3n) is 3.04. The van der Waals surface area contributed by atoms with E-state index in [0.29, 0.717) is 0 Å². The zero-order chi connectivity index (χ0) is 8.74. The minimum absolute atomic E-state index is 1.32. The van der Waals surface area contributed by atoms with Crippen LogP contribution in [0.1, 0.15) is 27.7 Å². The molecule has 0 rings (SSSR count). The molecule has 0 aliphatic rings. The standard InChI is InChI=1S/C10H22Ge/c1-5-9-10-11(6-2,7-3)8-4/h5,9H,6-8,10H2,1-4H3/b9-5+. The van der Waals surface area contributed by atoms with E-state index >= 15 is 0 Å². The Kier molecular flexibility index (Phi) is 6.02. The maximum absolute atomic E-state index is 2.39. The SMILES string of the molecule is C/C=C/[CH2][Ge]([CH2]C)([CH2]C)[CH2]C. The summed E-state index contributed by atoms with van der Waals surface area (Å²) < 4.78 is 0. The molecule has 0 aromatic heterocycles. The number of hydrogen-bond acceptors (Lipinski definition) is 0. The molecule has 0 heterocycles. The predicted octanol–water partition coefficient (Wildman–Crippen LogP) is 4.07. The van der Waals surface area contributed by atoms with Crippen LogP contribution in [0.5, 0.6) is 0 Å². The van der Waals surface area contributed by atoms with E-state index in [-0.39, 0.29) is 0 Å². The van der Waals surface area contributed by atoms with Gasteiger partial charge in [-0.25, -0.2) is 0 Å². The summed E-state index contributed by atoms with van der Waals surface area (Å²) in [5.74, 6) is 0. The van der Waals surface area contributed by atoms with Gasteiger partial charge in [-0.1, -0.05) is 0 Å². The third kappa shape index (κ3) is 3.46. The van der Waals surface area contributed by atoms with E-state index in [9.17, 15) is 0 Å². The quantitative estimate of drug-likeness (QED) is 0.478. The summed E-state index contributed by atoms with van der Waals surface area (Å²) in [5, 5.41) is 5.94. The van der Waals surface area contributed by atoms with Crippen molar-refractivity contribution in [3.05, 3.63) is 12.2 Å². The second kappa shape index (κ2) is 5.87. The first-order valence-electron chi connectivity index (χ1n) is 4.85. The molecule has 0 spiro atoms. The van der Waals surface area contributed by atoms with E-state index < -0.39 is 13.3 Å². The molecule has 1 heteroatoms. The number of hydrogen-bond donors (Lipinski definition) is 0. The van der Waals surface area contributed by atoms with E-state index in [1.54, 1.807) is 0 Å². The van der Waals surface area contributed by atoms with E-state index in [1.165, 1.54) is 21.0 Å². The molecule has 0 aliphatic heterocycles. The first-order valence-corrected chi connectivity index (χ1v) is 10.8. The first kappa shape index (κ1) is 11.3. The van der Waals surface area contributed by atoms with Crippen LogP contribution < -0.4 is 0 Å². The van der Waals surface area contributed by atoms with Gasteiger partial charge in [-0.2, -0.15) is 0 Å². The van der Waals surface area contributed by atoms with E-state index in [0.717, 1.165) is 0 Å². The fourth-order valence-electron chi connectivity index (χ4n) is 1.55. The number of allylic oxidation sites excluding steroid dienone is 2. The van der Waals surface area contributed by atoms with Crippen LogP contribution >= 0.6 is 0 Å². The average molecular weight is 215 g/mol. The molecular formula is C10H22Ge. The van der Waals surface area contributed by atoms with Gasteiger partial charge in [0.15, 0.2) is 0 Å². The zero-order valence-corrected chi connectivity index (χ0v) is 10.6. The molecule has 0 saturated carbocycles. The summed E-state index contributed by atoms with van der Waals surface area (Å²) in [5.41, 5.74) is 0. The van der Waals surface area contributed by atoms with Crippen molar-refractivity contribution in [1.82, 2.24) is 0 Å². The van der Waals surface area contributed by atoms with E-state index in [4.69, 9.17) is 0 Å². The Morgan fingerprint density at radius 2 is 1.45 bits per heavy atom. The van der Waals surface area contributed by atoms with Gasteiger partial charge >= 0.3 is 74.1 Å². The fraction of sp³-hybridized carbons (Fsp3) is 0.800. The summed E-state index contributed by atoms with van der Waals surface area (Å²) >= 11 is -1.32. The molecule has 0 radical (unpaired) electrons. The Labute approximate surface area is 74.4 Å². The Bertz CT molecular complexity index is 104. The van der Waals surface area contributed by atoms with Gasteiger partial charge in [0.2, 0.25) is 0 Å². The summed E-state index contributed by atoms with van der Waals surface area (Å²) in [6, 6.07) is 0. The van der Waals surface area contributed by atoms with Crippen molar-refractivity contribution >= 4 is 13.3 Å². The van der Waals surface area contributed by atoms with Crippen LogP contribution in [0.25, 0.3) is 0 Å². The van der Waals surface area contributed by atoms with Crippen LogP contribution in [0, 0.1) is 0 Å². The molecule has 0 nitrogen and oxygen atoms in total. The summed E-state index contributed by atoms with van der Waals surface area (Å²) in [6.07, 6.45) is 4.59. The van der Waals surface area contributed by atoms with Gasteiger partial charge in [-0.3, -0.25) is 0 Å². The normalized spacial score (nSPS) is 12.7.